The van der Waals surface area contributed by atoms with Crippen LogP contribution in [0.25, 0.3) is 0 Å². The van der Waals surface area contributed by atoms with Crippen molar-refractivity contribution in [3.05, 3.63) is 45.6 Å². The molecule has 1 aromatic heterocycles. The summed E-state index contributed by atoms with van der Waals surface area (Å²) in [5, 5.41) is 4.71. The summed E-state index contributed by atoms with van der Waals surface area (Å²) in [6, 6.07) is 6.79. The van der Waals surface area contributed by atoms with E-state index in [0.717, 1.165) is 16.0 Å². The van der Waals surface area contributed by atoms with Crippen molar-refractivity contribution >= 4 is 33.0 Å². The first-order valence-electron chi connectivity index (χ1n) is 7.25. The van der Waals surface area contributed by atoms with Gasteiger partial charge in [0.25, 0.3) is 0 Å². The lowest BCUT2D eigenvalue weighted by molar-refractivity contribution is -0.116. The van der Waals surface area contributed by atoms with Crippen molar-refractivity contribution in [2.45, 2.75) is 31.2 Å². The Morgan fingerprint density at radius 3 is 2.70 bits per heavy atom. The van der Waals surface area contributed by atoms with E-state index in [-0.39, 0.29) is 16.7 Å². The summed E-state index contributed by atoms with van der Waals surface area (Å²) in [6.45, 7) is 4.09. The van der Waals surface area contributed by atoms with Crippen LogP contribution in [0.4, 0.5) is 5.69 Å². The summed E-state index contributed by atoms with van der Waals surface area (Å²) in [4.78, 5) is 13.0. The van der Waals surface area contributed by atoms with Gasteiger partial charge in [0, 0.05) is 24.2 Å². The maximum absolute atomic E-state index is 12.8. The third-order valence-electron chi connectivity index (χ3n) is 4.18. The topological polar surface area (TPSA) is 66.5 Å². The summed E-state index contributed by atoms with van der Waals surface area (Å²) in [7, 11) is -2.02. The zero-order chi connectivity index (χ0) is 16.8. The average Bonchev–Trinajstić information content (AvgIpc) is 3.03. The monoisotopic (exact) mass is 350 g/mol. The maximum atomic E-state index is 12.8. The van der Waals surface area contributed by atoms with Crippen LogP contribution in [-0.2, 0) is 21.4 Å². The molecule has 122 valence electrons. The van der Waals surface area contributed by atoms with Crippen LogP contribution in [0.15, 0.2) is 34.5 Å². The molecule has 7 heteroatoms. The van der Waals surface area contributed by atoms with E-state index in [9.17, 15) is 13.2 Å². The molecule has 0 spiro atoms. The van der Waals surface area contributed by atoms with E-state index >= 15 is 0 Å². The highest BCUT2D eigenvalue weighted by Gasteiger charge is 2.29. The van der Waals surface area contributed by atoms with Gasteiger partial charge in [0.05, 0.1) is 10.8 Å². The first kappa shape index (κ1) is 16.2. The number of rotatable bonds is 4. The number of nitrogens with one attached hydrogen (secondary N) is 1. The van der Waals surface area contributed by atoms with Gasteiger partial charge in [-0.2, -0.15) is 4.31 Å². The molecule has 0 fully saturated rings. The SMILES string of the molecule is Cc1ccsc1CN(C)S(=O)(=O)c1ccc2c(c1)[C@H](C)C(=O)N2. The number of sulfonamides is 1. The molecule has 2 aromatic rings. The van der Waals surface area contributed by atoms with Crippen molar-refractivity contribution in [1.29, 1.82) is 0 Å². The van der Waals surface area contributed by atoms with E-state index in [1.165, 1.54) is 4.31 Å². The molecule has 0 radical (unpaired) electrons. The number of aryl methyl sites for hydroxylation is 1. The largest absolute Gasteiger partial charge is 0.325 e. The second kappa shape index (κ2) is 5.74. The fourth-order valence-electron chi connectivity index (χ4n) is 2.59. The van der Waals surface area contributed by atoms with Crippen molar-refractivity contribution < 1.29 is 13.2 Å². The number of fused-ring (bicyclic) bond motifs is 1. The fraction of sp³-hybridized carbons (Fsp3) is 0.312. The summed E-state index contributed by atoms with van der Waals surface area (Å²) in [5.74, 6) is -0.429. The highest BCUT2D eigenvalue weighted by Crippen LogP contribution is 2.34. The first-order chi connectivity index (χ1) is 10.8. The Morgan fingerprint density at radius 2 is 2.04 bits per heavy atom. The van der Waals surface area contributed by atoms with E-state index in [2.05, 4.69) is 5.32 Å². The van der Waals surface area contributed by atoms with Gasteiger partial charge in [-0.3, -0.25) is 4.79 Å². The third kappa shape index (κ3) is 2.80. The van der Waals surface area contributed by atoms with Crippen LogP contribution in [-0.4, -0.2) is 25.7 Å². The number of carbonyl (C=O) groups is 1. The lowest BCUT2D eigenvalue weighted by atomic mass is 10.0. The molecule has 0 saturated carbocycles. The molecule has 1 aliphatic rings. The van der Waals surface area contributed by atoms with Crippen LogP contribution in [0.3, 0.4) is 0 Å². The number of hydrogen-bond acceptors (Lipinski definition) is 4. The minimum atomic E-state index is -3.59. The summed E-state index contributed by atoms with van der Waals surface area (Å²) in [6.07, 6.45) is 0. The van der Waals surface area contributed by atoms with Crippen LogP contribution >= 0.6 is 11.3 Å². The number of nitrogens with zero attached hydrogens (tertiary/aromatic N) is 1. The van der Waals surface area contributed by atoms with Gasteiger partial charge in [-0.1, -0.05) is 0 Å². The van der Waals surface area contributed by atoms with Crippen LogP contribution in [0.1, 0.15) is 28.8 Å². The Kier molecular flexibility index (Phi) is 4.03. The molecule has 0 bridgehead atoms. The van der Waals surface area contributed by atoms with E-state index in [1.54, 1.807) is 43.5 Å². The Labute approximate surface area is 140 Å². The molecule has 0 unspecified atom stereocenters. The molecule has 1 N–H and O–H groups in total. The van der Waals surface area contributed by atoms with Crippen LogP contribution in [0.5, 0.6) is 0 Å². The highest BCUT2D eigenvalue weighted by atomic mass is 32.2. The Hall–Kier alpha value is -1.70. The second-order valence-electron chi connectivity index (χ2n) is 5.75. The van der Waals surface area contributed by atoms with Crippen LogP contribution in [0.2, 0.25) is 0 Å². The predicted molar refractivity (Wildman–Crippen MR) is 91.2 cm³/mol. The predicted octanol–water partition coefficient (Wildman–Crippen LogP) is 2.93. The quantitative estimate of drug-likeness (QED) is 0.922. The number of carbonyl (C=O) groups excluding carboxylic acids is 1. The Bertz CT molecular complexity index is 871. The number of hydrogen-bond donors (Lipinski definition) is 1. The lowest BCUT2D eigenvalue weighted by Gasteiger charge is -2.17. The number of benzene rings is 1. The Balaban J connectivity index is 1.91. The van der Waals surface area contributed by atoms with Crippen molar-refractivity contribution in [2.75, 3.05) is 12.4 Å². The summed E-state index contributed by atoms with van der Waals surface area (Å²) in [5.41, 5.74) is 2.52. The van der Waals surface area contributed by atoms with Crippen molar-refractivity contribution in [2.24, 2.45) is 0 Å². The Morgan fingerprint density at radius 1 is 1.30 bits per heavy atom. The van der Waals surface area contributed by atoms with Gasteiger partial charge in [0.15, 0.2) is 0 Å². The third-order valence-corrected chi connectivity index (χ3v) is 6.99. The summed E-state index contributed by atoms with van der Waals surface area (Å²) >= 11 is 1.55. The standard InChI is InChI=1S/C16H18N2O3S2/c1-10-6-7-22-15(10)9-18(3)23(20,21)12-4-5-14-13(8-12)11(2)16(19)17-14/h4-8,11H,9H2,1-3H3,(H,17,19)/t11-/m0/s1. The van der Waals surface area contributed by atoms with Crippen LogP contribution < -0.4 is 5.32 Å². The van der Waals surface area contributed by atoms with E-state index in [1.807, 2.05) is 18.4 Å². The average molecular weight is 350 g/mol. The van der Waals surface area contributed by atoms with Gasteiger partial charge in [0.2, 0.25) is 15.9 Å². The molecule has 23 heavy (non-hydrogen) atoms. The molecule has 1 atom stereocenters. The highest BCUT2D eigenvalue weighted by molar-refractivity contribution is 7.89. The molecular weight excluding hydrogens is 332 g/mol. The van der Waals surface area contributed by atoms with Gasteiger partial charge in [-0.15, -0.1) is 11.3 Å². The van der Waals surface area contributed by atoms with Crippen LogP contribution in [0, 0.1) is 6.92 Å². The van der Waals surface area contributed by atoms with Crippen molar-refractivity contribution in [3.8, 4) is 0 Å². The molecule has 1 amide bonds. The molecule has 0 aliphatic carbocycles. The number of amides is 1. The number of anilines is 1. The molecule has 1 aromatic carbocycles. The van der Waals surface area contributed by atoms with E-state index < -0.39 is 10.0 Å². The normalized spacial score (nSPS) is 17.4. The molecule has 2 heterocycles. The minimum absolute atomic E-state index is 0.0999. The second-order valence-corrected chi connectivity index (χ2v) is 8.79. The van der Waals surface area contributed by atoms with Gasteiger partial charge < -0.3 is 5.32 Å². The molecule has 0 saturated heterocycles. The molecule has 3 rings (SSSR count). The number of thiophene rings is 1. The lowest BCUT2D eigenvalue weighted by Crippen LogP contribution is -2.26. The minimum Gasteiger partial charge on any atom is -0.325 e. The van der Waals surface area contributed by atoms with Crippen molar-refractivity contribution in [3.63, 3.8) is 0 Å². The van der Waals surface area contributed by atoms with Gasteiger partial charge in [-0.25, -0.2) is 8.42 Å². The van der Waals surface area contributed by atoms with Crippen molar-refractivity contribution in [1.82, 2.24) is 4.31 Å². The smallest absolute Gasteiger partial charge is 0.243 e. The van der Waals surface area contributed by atoms with E-state index in [4.69, 9.17) is 0 Å². The first-order valence-corrected chi connectivity index (χ1v) is 9.57. The van der Waals surface area contributed by atoms with Gasteiger partial charge >= 0.3 is 0 Å². The molecule has 1 aliphatic heterocycles. The van der Waals surface area contributed by atoms with Gasteiger partial charge in [0.1, 0.15) is 0 Å². The molecule has 5 nitrogen and oxygen atoms in total. The van der Waals surface area contributed by atoms with E-state index in [0.29, 0.717) is 12.2 Å². The fourth-order valence-corrected chi connectivity index (χ4v) is 4.80. The zero-order valence-corrected chi connectivity index (χ0v) is 14.8. The van der Waals surface area contributed by atoms with Gasteiger partial charge in [-0.05, 0) is 54.6 Å². The molecular formula is C16H18N2O3S2. The maximum Gasteiger partial charge on any atom is 0.243 e. The zero-order valence-electron chi connectivity index (χ0n) is 13.2. The summed E-state index contributed by atoms with van der Waals surface area (Å²) < 4.78 is 26.9.